The fraction of sp³-hybridized carbons (Fsp3) is 0.0500. The van der Waals surface area contributed by atoms with E-state index in [1.54, 1.807) is 23.6 Å². The van der Waals surface area contributed by atoms with E-state index in [0.29, 0.717) is 21.5 Å². The first-order valence-electron chi connectivity index (χ1n) is 8.26. The maximum Gasteiger partial charge on any atom is 0.349 e. The van der Waals surface area contributed by atoms with E-state index in [1.807, 2.05) is 17.5 Å². The molecule has 0 saturated carbocycles. The summed E-state index contributed by atoms with van der Waals surface area (Å²) in [6.07, 6.45) is 0. The van der Waals surface area contributed by atoms with Crippen molar-refractivity contribution in [3.63, 3.8) is 0 Å². The van der Waals surface area contributed by atoms with Crippen LogP contribution in [0.3, 0.4) is 0 Å². The van der Waals surface area contributed by atoms with Crippen LogP contribution in [0.5, 0.6) is 0 Å². The van der Waals surface area contributed by atoms with Crippen LogP contribution in [-0.2, 0) is 4.74 Å². The van der Waals surface area contributed by atoms with Crippen LogP contribution in [0.2, 0.25) is 0 Å². The minimum atomic E-state index is -0.757. The summed E-state index contributed by atoms with van der Waals surface area (Å²) in [7, 11) is 1.28. The van der Waals surface area contributed by atoms with Gasteiger partial charge in [-0.2, -0.15) is 0 Å². The van der Waals surface area contributed by atoms with E-state index in [4.69, 9.17) is 9.15 Å². The van der Waals surface area contributed by atoms with Crippen LogP contribution in [0.1, 0.15) is 20.7 Å². The first kappa shape index (κ1) is 19.6. The maximum atomic E-state index is 12.8. The van der Waals surface area contributed by atoms with E-state index in [2.05, 4.69) is 21.2 Å². The van der Waals surface area contributed by atoms with Gasteiger partial charge < -0.3 is 14.5 Å². The summed E-state index contributed by atoms with van der Waals surface area (Å²) in [5.74, 6) is -1.23. The number of anilines is 1. The van der Waals surface area contributed by atoms with Crippen molar-refractivity contribution in [2.24, 2.45) is 0 Å². The minimum Gasteiger partial charge on any atom is -0.465 e. The molecule has 1 amide bonds. The Morgan fingerprint density at radius 1 is 1.17 bits per heavy atom. The molecule has 3 heterocycles. The lowest BCUT2D eigenvalue weighted by atomic mass is 10.1. The summed E-state index contributed by atoms with van der Waals surface area (Å²) in [5, 5.41) is 7.23. The van der Waals surface area contributed by atoms with Gasteiger partial charge in [0.25, 0.3) is 5.91 Å². The Balaban J connectivity index is 1.74. The van der Waals surface area contributed by atoms with Gasteiger partial charge in [0.15, 0.2) is 0 Å². The van der Waals surface area contributed by atoms with Gasteiger partial charge in [-0.05, 0) is 35.7 Å². The summed E-state index contributed by atoms with van der Waals surface area (Å²) in [4.78, 5) is 38.3. The van der Waals surface area contributed by atoms with Gasteiger partial charge >= 0.3 is 11.6 Å². The fourth-order valence-electron chi connectivity index (χ4n) is 2.79. The molecule has 4 rings (SSSR count). The third-order valence-electron chi connectivity index (χ3n) is 4.13. The van der Waals surface area contributed by atoms with Gasteiger partial charge in [0.05, 0.1) is 7.11 Å². The van der Waals surface area contributed by atoms with Gasteiger partial charge in [-0.1, -0.05) is 22.0 Å². The van der Waals surface area contributed by atoms with Crippen LogP contribution < -0.4 is 10.9 Å². The lowest BCUT2D eigenvalue weighted by Gasteiger charge is -2.07. The predicted octanol–water partition coefficient (Wildman–Crippen LogP) is 5.38. The van der Waals surface area contributed by atoms with E-state index in [-0.39, 0.29) is 11.1 Å². The molecular weight excluding hydrogens is 478 g/mol. The maximum absolute atomic E-state index is 12.8. The van der Waals surface area contributed by atoms with Crippen LogP contribution >= 0.6 is 38.6 Å². The molecule has 0 saturated heterocycles. The largest absolute Gasteiger partial charge is 0.465 e. The van der Waals surface area contributed by atoms with E-state index in [0.717, 1.165) is 9.35 Å². The summed E-state index contributed by atoms with van der Waals surface area (Å²) in [6.45, 7) is 0. The Morgan fingerprint density at radius 3 is 2.72 bits per heavy atom. The third kappa shape index (κ3) is 3.76. The molecule has 0 atom stereocenters. The van der Waals surface area contributed by atoms with Crippen LogP contribution in [0.4, 0.5) is 5.00 Å². The quantitative estimate of drug-likeness (QED) is 0.307. The number of carbonyl (C=O) groups excluding carboxylic acids is 2. The van der Waals surface area contributed by atoms with E-state index in [1.165, 1.54) is 35.8 Å². The van der Waals surface area contributed by atoms with Gasteiger partial charge in [-0.25, -0.2) is 9.59 Å². The highest BCUT2D eigenvalue weighted by Gasteiger charge is 2.24. The number of nitrogens with one attached hydrogen (secondary N) is 1. The Bertz CT molecular complexity index is 1290. The third-order valence-corrected chi connectivity index (χ3v) is 6.42. The van der Waals surface area contributed by atoms with Gasteiger partial charge in [-0.15, -0.1) is 22.7 Å². The van der Waals surface area contributed by atoms with Crippen LogP contribution in [0.15, 0.2) is 60.8 Å². The van der Waals surface area contributed by atoms with Crippen molar-refractivity contribution in [2.75, 3.05) is 12.4 Å². The van der Waals surface area contributed by atoms with E-state index < -0.39 is 17.5 Å². The highest BCUT2D eigenvalue weighted by Crippen LogP contribution is 2.38. The summed E-state index contributed by atoms with van der Waals surface area (Å²) in [5.41, 5.74) is 0.383. The van der Waals surface area contributed by atoms with Crippen molar-refractivity contribution < 1.29 is 18.7 Å². The highest BCUT2D eigenvalue weighted by atomic mass is 79.9. The van der Waals surface area contributed by atoms with Crippen molar-refractivity contribution in [2.45, 2.75) is 0 Å². The zero-order valence-electron chi connectivity index (χ0n) is 14.9. The molecule has 0 bridgehead atoms. The average molecular weight is 490 g/mol. The summed E-state index contributed by atoms with van der Waals surface area (Å²) in [6, 6.07) is 10.3. The molecule has 29 heavy (non-hydrogen) atoms. The fourth-order valence-corrected chi connectivity index (χ4v) is 4.94. The van der Waals surface area contributed by atoms with Crippen molar-refractivity contribution in [3.05, 3.63) is 73.2 Å². The molecule has 0 aliphatic rings. The van der Waals surface area contributed by atoms with Crippen LogP contribution in [0.25, 0.3) is 21.4 Å². The smallest absolute Gasteiger partial charge is 0.349 e. The molecule has 0 unspecified atom stereocenters. The van der Waals surface area contributed by atoms with Gasteiger partial charge in [-0.3, -0.25) is 4.79 Å². The first-order valence-corrected chi connectivity index (χ1v) is 10.8. The number of ether oxygens (including phenoxy) is 1. The number of carbonyl (C=O) groups is 2. The highest BCUT2D eigenvalue weighted by molar-refractivity contribution is 9.10. The number of methoxy groups -OCH3 is 1. The van der Waals surface area contributed by atoms with Gasteiger partial charge in [0, 0.05) is 25.7 Å². The molecule has 0 aliphatic heterocycles. The van der Waals surface area contributed by atoms with Crippen LogP contribution in [0, 0.1) is 0 Å². The second-order valence-electron chi connectivity index (χ2n) is 5.91. The van der Waals surface area contributed by atoms with Crippen molar-refractivity contribution in [1.82, 2.24) is 0 Å². The topological polar surface area (TPSA) is 85.6 Å². The number of rotatable bonds is 4. The molecule has 3 aromatic heterocycles. The molecule has 1 N–H and O–H groups in total. The Morgan fingerprint density at radius 2 is 2.00 bits per heavy atom. The number of esters is 1. The number of fused-ring (bicyclic) bond motifs is 1. The summed E-state index contributed by atoms with van der Waals surface area (Å²) < 4.78 is 10.9. The predicted molar refractivity (Wildman–Crippen MR) is 117 cm³/mol. The minimum absolute atomic E-state index is 0.155. The molecular formula is C20H12BrNO5S2. The second kappa shape index (κ2) is 7.94. The van der Waals surface area contributed by atoms with Gasteiger partial charge in [0.1, 0.15) is 21.7 Å². The lowest BCUT2D eigenvalue weighted by molar-refractivity contribution is 0.0603. The number of hydrogen-bond acceptors (Lipinski definition) is 7. The summed E-state index contributed by atoms with van der Waals surface area (Å²) >= 11 is 6.01. The van der Waals surface area contributed by atoms with Crippen molar-refractivity contribution >= 4 is 66.5 Å². The lowest BCUT2D eigenvalue weighted by Crippen LogP contribution is -2.21. The molecule has 0 fully saturated rings. The van der Waals surface area contributed by atoms with E-state index in [9.17, 15) is 14.4 Å². The molecule has 0 spiro atoms. The molecule has 4 aromatic rings. The van der Waals surface area contributed by atoms with Crippen molar-refractivity contribution in [1.29, 1.82) is 0 Å². The zero-order valence-corrected chi connectivity index (χ0v) is 18.1. The number of hydrogen-bond donors (Lipinski definition) is 1. The monoisotopic (exact) mass is 489 g/mol. The first-order chi connectivity index (χ1) is 14.0. The average Bonchev–Trinajstić information content (AvgIpc) is 3.36. The Labute approximate surface area is 180 Å². The van der Waals surface area contributed by atoms with Crippen LogP contribution in [-0.4, -0.2) is 19.0 Å². The number of thiophene rings is 2. The zero-order chi connectivity index (χ0) is 20.5. The number of benzene rings is 1. The standard InChI is InChI=1S/C20H12BrNO5S2/c1-26-20(25)16-13(15-3-2-6-28-15)9-29-18(16)22-17(23)12-8-10-7-11(21)4-5-14(10)27-19(12)24/h2-9H,1H3,(H,22,23). The Kier molecular flexibility index (Phi) is 5.35. The normalized spacial score (nSPS) is 10.8. The van der Waals surface area contributed by atoms with Crippen molar-refractivity contribution in [3.8, 4) is 10.4 Å². The van der Waals surface area contributed by atoms with E-state index >= 15 is 0 Å². The molecule has 0 aliphatic carbocycles. The molecule has 9 heteroatoms. The Hall–Kier alpha value is -2.75. The molecule has 146 valence electrons. The molecule has 1 aromatic carbocycles. The number of amides is 1. The number of halogens is 1. The molecule has 6 nitrogen and oxygen atoms in total. The SMILES string of the molecule is COC(=O)c1c(-c2cccs2)csc1NC(=O)c1cc2cc(Br)ccc2oc1=O. The second-order valence-corrected chi connectivity index (χ2v) is 8.65. The van der Waals surface area contributed by atoms with Gasteiger partial charge in [0.2, 0.25) is 0 Å². The molecule has 0 radical (unpaired) electrons.